The minimum atomic E-state index is 0. The van der Waals surface area contributed by atoms with Gasteiger partial charge in [0, 0.05) is 6.61 Å². The summed E-state index contributed by atoms with van der Waals surface area (Å²) in [7, 11) is 0. The van der Waals surface area contributed by atoms with Gasteiger partial charge in [-0.25, -0.2) is 0 Å². The number of rotatable bonds is 2. The second-order valence-corrected chi connectivity index (χ2v) is 2.52. The van der Waals surface area contributed by atoms with E-state index in [4.69, 9.17) is 9.84 Å². The first-order chi connectivity index (χ1) is 3.77. The van der Waals surface area contributed by atoms with E-state index in [-0.39, 0.29) is 41.9 Å². The summed E-state index contributed by atoms with van der Waals surface area (Å²) in [6, 6.07) is 0. The molecule has 0 aromatic carbocycles. The number of ether oxygens (including phenoxy) is 1. The van der Waals surface area contributed by atoms with Gasteiger partial charge >= 0.3 is 0 Å². The highest BCUT2D eigenvalue weighted by molar-refractivity contribution is 4.81. The fraction of sp³-hybridized carbons (Fsp3) is 1.00. The van der Waals surface area contributed by atoms with Crippen molar-refractivity contribution in [3.8, 4) is 0 Å². The molecule has 2 nitrogen and oxygen atoms in total. The molecule has 0 radical (unpaired) electrons. The van der Waals surface area contributed by atoms with Crippen LogP contribution in [-0.2, 0) is 4.74 Å². The molecule has 2 heteroatoms. The van der Waals surface area contributed by atoms with E-state index in [1.165, 1.54) is 0 Å². The van der Waals surface area contributed by atoms with Gasteiger partial charge in [-0.2, -0.15) is 0 Å². The van der Waals surface area contributed by atoms with Crippen molar-refractivity contribution in [2.24, 2.45) is 0 Å². The Morgan fingerprint density at radius 1 is 1.25 bits per heavy atom. The molecule has 1 aliphatic heterocycles. The molecule has 1 atom stereocenters. The molecule has 0 aliphatic carbocycles. The highest BCUT2D eigenvalue weighted by atomic mass is 16.5. The van der Waals surface area contributed by atoms with E-state index in [9.17, 15) is 0 Å². The van der Waals surface area contributed by atoms with E-state index in [0.717, 1.165) is 19.4 Å². The van der Waals surface area contributed by atoms with Crippen LogP contribution in [0.1, 0.15) is 49.5 Å². The first kappa shape index (κ1) is 22.7. The Kier molecular flexibility index (Phi) is 17.0. The minimum Gasteiger partial charge on any atom is -0.396 e. The summed E-state index contributed by atoms with van der Waals surface area (Å²) in [5.41, 5.74) is 0.0226. The third kappa shape index (κ3) is 5.56. The van der Waals surface area contributed by atoms with Crippen LogP contribution in [-0.4, -0.2) is 23.9 Å². The zero-order valence-electron chi connectivity index (χ0n) is 5.18. The Balaban J connectivity index is -0.0000000800. The van der Waals surface area contributed by atoms with Crippen LogP contribution in [0.4, 0.5) is 0 Å². The van der Waals surface area contributed by atoms with Crippen molar-refractivity contribution in [1.82, 2.24) is 0 Å². The normalized spacial score (nSPS) is 24.5. The maximum Gasteiger partial charge on any atom is 0.0698 e. The van der Waals surface area contributed by atoms with Gasteiger partial charge in [-0.15, -0.1) is 0 Å². The molecule has 0 aromatic heterocycles. The van der Waals surface area contributed by atoms with Gasteiger partial charge in [0.15, 0.2) is 0 Å². The quantitative estimate of drug-likeness (QED) is 0.707. The zero-order chi connectivity index (χ0) is 6.04. The molecule has 1 rings (SSSR count). The first-order valence-electron chi connectivity index (χ1n) is 3.02. The second-order valence-electron chi connectivity index (χ2n) is 2.52. The first-order valence-corrected chi connectivity index (χ1v) is 3.02. The van der Waals surface area contributed by atoms with Gasteiger partial charge in [-0.3, -0.25) is 0 Å². The highest BCUT2D eigenvalue weighted by Gasteiger charge is 2.31. The van der Waals surface area contributed by atoms with Crippen LogP contribution in [0.5, 0.6) is 0 Å². The summed E-state index contributed by atoms with van der Waals surface area (Å²) >= 11 is 0. The molecule has 0 saturated carbocycles. The molecule has 1 saturated heterocycles. The molecule has 0 aromatic rings. The summed E-state index contributed by atoms with van der Waals surface area (Å²) in [6.45, 7) is 3.15. The third-order valence-corrected chi connectivity index (χ3v) is 1.72. The van der Waals surface area contributed by atoms with Gasteiger partial charge in [0.2, 0.25) is 0 Å². The summed E-state index contributed by atoms with van der Waals surface area (Å²) < 4.78 is 5.20. The van der Waals surface area contributed by atoms with Crippen molar-refractivity contribution >= 4 is 0 Å². The molecule has 1 fully saturated rings. The lowest BCUT2D eigenvalue weighted by Gasteiger charge is -2.38. The average Bonchev–Trinajstić information content (AvgIpc) is 1.64. The maximum atomic E-state index is 8.49. The Bertz CT molecular complexity index is 77.9. The Labute approximate surface area is 78.9 Å². The fourth-order valence-corrected chi connectivity index (χ4v) is 0.884. The highest BCUT2D eigenvalue weighted by Crippen LogP contribution is 2.28. The van der Waals surface area contributed by atoms with Crippen LogP contribution in [0.15, 0.2) is 0 Å². The molecule has 0 spiro atoms. The minimum absolute atomic E-state index is 0. The van der Waals surface area contributed by atoms with Crippen molar-refractivity contribution in [1.29, 1.82) is 0 Å². The molecular weight excluding hydrogens is 152 g/mol. The van der Waals surface area contributed by atoms with Crippen molar-refractivity contribution in [3.05, 3.63) is 0 Å². The van der Waals surface area contributed by atoms with Crippen molar-refractivity contribution < 1.29 is 9.84 Å². The lowest BCUT2D eigenvalue weighted by Crippen LogP contribution is -2.41. The smallest absolute Gasteiger partial charge is 0.0698 e. The van der Waals surface area contributed by atoms with Crippen LogP contribution < -0.4 is 0 Å². The molecule has 1 aliphatic rings. The maximum absolute atomic E-state index is 8.49. The van der Waals surface area contributed by atoms with Crippen molar-refractivity contribution in [2.75, 3.05) is 13.2 Å². The standard InChI is InChI=1S/C6H12O2.4CH4/c1-6(2-4-7)3-5-8-6;;;;/h7H,2-5H2,1H3;4*1H4. The Morgan fingerprint density at radius 3 is 1.75 bits per heavy atom. The largest absolute Gasteiger partial charge is 0.396 e. The molecule has 1 N–H and O–H groups in total. The molecule has 1 heterocycles. The third-order valence-electron chi connectivity index (χ3n) is 1.72. The van der Waals surface area contributed by atoms with Gasteiger partial charge < -0.3 is 9.84 Å². The van der Waals surface area contributed by atoms with Crippen LogP contribution in [0.25, 0.3) is 0 Å². The van der Waals surface area contributed by atoms with Crippen LogP contribution >= 0.6 is 0 Å². The molecule has 0 bridgehead atoms. The van der Waals surface area contributed by atoms with E-state index < -0.39 is 0 Å². The molecule has 80 valence electrons. The summed E-state index contributed by atoms with van der Waals surface area (Å²) in [5, 5.41) is 8.49. The number of hydrogen-bond acceptors (Lipinski definition) is 2. The van der Waals surface area contributed by atoms with Crippen molar-refractivity contribution in [2.45, 2.75) is 55.1 Å². The van der Waals surface area contributed by atoms with Gasteiger partial charge in [-0.1, -0.05) is 29.7 Å². The monoisotopic (exact) mass is 180 g/mol. The fourth-order valence-electron chi connectivity index (χ4n) is 0.884. The Hall–Kier alpha value is -0.0800. The lowest BCUT2D eigenvalue weighted by atomic mass is 9.94. The predicted octanol–water partition coefficient (Wildman–Crippen LogP) is 3.09. The SMILES string of the molecule is C.C.C.C.CC1(CCO)CCO1. The van der Waals surface area contributed by atoms with Crippen molar-refractivity contribution in [3.63, 3.8) is 0 Å². The molecule has 1 unspecified atom stereocenters. The lowest BCUT2D eigenvalue weighted by molar-refractivity contribution is -0.143. The average molecular weight is 180 g/mol. The molecule has 0 amide bonds. The van der Waals surface area contributed by atoms with Gasteiger partial charge in [0.05, 0.1) is 12.2 Å². The Morgan fingerprint density at radius 2 is 1.67 bits per heavy atom. The second kappa shape index (κ2) is 9.01. The molecule has 12 heavy (non-hydrogen) atoms. The summed E-state index contributed by atoms with van der Waals surface area (Å²) in [4.78, 5) is 0. The van der Waals surface area contributed by atoms with Gasteiger partial charge in [-0.05, 0) is 19.8 Å². The molecular formula is C10H28O2. The topological polar surface area (TPSA) is 29.5 Å². The van der Waals surface area contributed by atoms with E-state index >= 15 is 0 Å². The van der Waals surface area contributed by atoms with Crippen LogP contribution in [0, 0.1) is 0 Å². The summed E-state index contributed by atoms with van der Waals surface area (Å²) in [6.07, 6.45) is 1.89. The summed E-state index contributed by atoms with van der Waals surface area (Å²) in [5.74, 6) is 0. The zero-order valence-corrected chi connectivity index (χ0v) is 5.18. The van der Waals surface area contributed by atoms with Gasteiger partial charge in [0.1, 0.15) is 0 Å². The van der Waals surface area contributed by atoms with Gasteiger partial charge in [0.25, 0.3) is 0 Å². The van der Waals surface area contributed by atoms with E-state index in [2.05, 4.69) is 0 Å². The van der Waals surface area contributed by atoms with E-state index in [0.29, 0.717) is 0 Å². The number of hydrogen-bond donors (Lipinski definition) is 1. The number of aliphatic hydroxyl groups excluding tert-OH is 1. The van der Waals surface area contributed by atoms with Crippen LogP contribution in [0.2, 0.25) is 0 Å². The van der Waals surface area contributed by atoms with E-state index in [1.807, 2.05) is 6.92 Å². The van der Waals surface area contributed by atoms with E-state index in [1.54, 1.807) is 0 Å². The number of aliphatic hydroxyl groups is 1. The predicted molar refractivity (Wildman–Crippen MR) is 57.6 cm³/mol. The van der Waals surface area contributed by atoms with Crippen LogP contribution in [0.3, 0.4) is 0 Å².